The Balaban J connectivity index is 2.61. The van der Waals surface area contributed by atoms with Gasteiger partial charge in [0.15, 0.2) is 0 Å². The zero-order chi connectivity index (χ0) is 15.9. The second-order valence-corrected chi connectivity index (χ2v) is 6.82. The van der Waals surface area contributed by atoms with Crippen LogP contribution in [0.15, 0.2) is 24.3 Å². The molecule has 0 amide bonds. The normalized spacial score (nSPS) is 13.7. The van der Waals surface area contributed by atoms with E-state index >= 15 is 0 Å². The van der Waals surface area contributed by atoms with Crippen molar-refractivity contribution >= 4 is 0 Å². The predicted molar refractivity (Wildman–Crippen MR) is 88.7 cm³/mol. The number of benzene rings is 1. The third kappa shape index (κ3) is 8.20. The zero-order valence-corrected chi connectivity index (χ0v) is 14.4. The van der Waals surface area contributed by atoms with Gasteiger partial charge in [-0.05, 0) is 47.1 Å². The van der Waals surface area contributed by atoms with Crippen LogP contribution >= 0.6 is 0 Å². The summed E-state index contributed by atoms with van der Waals surface area (Å²) in [6, 6.07) is 8.52. The Morgan fingerprint density at radius 3 is 2.33 bits per heavy atom. The molecule has 0 aliphatic heterocycles. The van der Waals surface area contributed by atoms with Crippen LogP contribution in [0.2, 0.25) is 0 Å². The molecule has 0 bridgehead atoms. The van der Waals surface area contributed by atoms with E-state index in [1.54, 1.807) is 0 Å². The van der Waals surface area contributed by atoms with E-state index in [9.17, 15) is 0 Å². The summed E-state index contributed by atoms with van der Waals surface area (Å²) >= 11 is 0. The first kappa shape index (κ1) is 18.1. The largest absolute Gasteiger partial charge is 0.376 e. The van der Waals surface area contributed by atoms with E-state index in [0.29, 0.717) is 13.2 Å². The molecule has 0 saturated heterocycles. The Kier molecular flexibility index (Phi) is 7.36. The van der Waals surface area contributed by atoms with Gasteiger partial charge >= 0.3 is 0 Å². The maximum atomic E-state index is 6.04. The van der Waals surface area contributed by atoms with Crippen molar-refractivity contribution < 1.29 is 9.47 Å². The zero-order valence-electron chi connectivity index (χ0n) is 14.4. The molecule has 0 spiro atoms. The quantitative estimate of drug-likeness (QED) is 0.738. The number of nitrogens with one attached hydrogen (secondary N) is 1. The smallest absolute Gasteiger partial charge is 0.0950 e. The molecule has 0 heterocycles. The van der Waals surface area contributed by atoms with Crippen molar-refractivity contribution in [1.82, 2.24) is 5.32 Å². The Morgan fingerprint density at radius 1 is 1.10 bits per heavy atom. The van der Waals surface area contributed by atoms with Gasteiger partial charge in [0.2, 0.25) is 0 Å². The highest BCUT2D eigenvalue weighted by atomic mass is 16.5. The van der Waals surface area contributed by atoms with Crippen LogP contribution in [0.5, 0.6) is 0 Å². The van der Waals surface area contributed by atoms with Gasteiger partial charge in [0.25, 0.3) is 0 Å². The third-order valence-corrected chi connectivity index (χ3v) is 3.09. The molecule has 3 nitrogen and oxygen atoms in total. The first-order valence-electron chi connectivity index (χ1n) is 7.83. The molecular formula is C18H31NO2. The molecule has 0 radical (unpaired) electrons. The summed E-state index contributed by atoms with van der Waals surface area (Å²) < 4.78 is 11.6. The Morgan fingerprint density at radius 2 is 1.76 bits per heavy atom. The number of rotatable bonds is 8. The first-order valence-corrected chi connectivity index (χ1v) is 7.83. The van der Waals surface area contributed by atoms with Crippen LogP contribution in [0.25, 0.3) is 0 Å². The minimum Gasteiger partial charge on any atom is -0.376 e. The van der Waals surface area contributed by atoms with E-state index in [4.69, 9.17) is 9.47 Å². The molecule has 1 aromatic carbocycles. The van der Waals surface area contributed by atoms with Crippen LogP contribution in [0.3, 0.4) is 0 Å². The standard InChI is InChI=1S/C18H31NO2/c1-14(2)20-10-11-21-17(13-19-18(4,5)6)16-9-7-8-15(3)12-16/h7-9,12,14,17,19H,10-11,13H2,1-6H3. The van der Waals surface area contributed by atoms with Crippen LogP contribution in [0.4, 0.5) is 0 Å². The van der Waals surface area contributed by atoms with Gasteiger partial charge in [0.1, 0.15) is 0 Å². The second-order valence-electron chi connectivity index (χ2n) is 6.82. The summed E-state index contributed by atoms with van der Waals surface area (Å²) in [7, 11) is 0. The number of aryl methyl sites for hydroxylation is 1. The van der Waals surface area contributed by atoms with E-state index < -0.39 is 0 Å². The lowest BCUT2D eigenvalue weighted by Crippen LogP contribution is -2.39. The molecule has 0 aliphatic rings. The lowest BCUT2D eigenvalue weighted by molar-refractivity contribution is -0.0146. The molecule has 120 valence electrons. The highest BCUT2D eigenvalue weighted by Crippen LogP contribution is 2.19. The maximum Gasteiger partial charge on any atom is 0.0950 e. The van der Waals surface area contributed by atoms with E-state index in [1.807, 2.05) is 13.8 Å². The number of ether oxygens (including phenoxy) is 2. The van der Waals surface area contributed by atoms with Crippen molar-refractivity contribution in [2.24, 2.45) is 0 Å². The Hall–Kier alpha value is -0.900. The van der Waals surface area contributed by atoms with Crippen LogP contribution in [0.1, 0.15) is 51.8 Å². The number of hydrogen-bond acceptors (Lipinski definition) is 3. The maximum absolute atomic E-state index is 6.04. The fourth-order valence-corrected chi connectivity index (χ4v) is 2.02. The number of hydrogen-bond donors (Lipinski definition) is 1. The lowest BCUT2D eigenvalue weighted by atomic mass is 10.0. The monoisotopic (exact) mass is 293 g/mol. The predicted octanol–water partition coefficient (Wildman–Crippen LogP) is 3.87. The summed E-state index contributed by atoms with van der Waals surface area (Å²) in [5.74, 6) is 0. The molecule has 1 aromatic rings. The van der Waals surface area contributed by atoms with E-state index in [1.165, 1.54) is 11.1 Å². The molecule has 3 heteroatoms. The van der Waals surface area contributed by atoms with Crippen molar-refractivity contribution in [2.75, 3.05) is 19.8 Å². The minimum atomic E-state index is 0.0555. The summed E-state index contributed by atoms with van der Waals surface area (Å²) in [6.45, 7) is 14.7. The molecule has 0 aliphatic carbocycles. The van der Waals surface area contributed by atoms with E-state index in [0.717, 1.165) is 6.54 Å². The Bertz CT molecular complexity index is 410. The molecule has 1 N–H and O–H groups in total. The average molecular weight is 293 g/mol. The molecule has 0 aromatic heterocycles. The first-order chi connectivity index (χ1) is 9.78. The van der Waals surface area contributed by atoms with Crippen LogP contribution in [-0.2, 0) is 9.47 Å². The van der Waals surface area contributed by atoms with Gasteiger partial charge in [-0.2, -0.15) is 0 Å². The van der Waals surface area contributed by atoms with Gasteiger partial charge in [0.05, 0.1) is 25.4 Å². The topological polar surface area (TPSA) is 30.5 Å². The van der Waals surface area contributed by atoms with Gasteiger partial charge in [-0.25, -0.2) is 0 Å². The summed E-state index contributed by atoms with van der Waals surface area (Å²) in [5, 5.41) is 3.52. The molecular weight excluding hydrogens is 262 g/mol. The summed E-state index contributed by atoms with van der Waals surface area (Å²) in [4.78, 5) is 0. The second kappa shape index (κ2) is 8.52. The van der Waals surface area contributed by atoms with Crippen molar-refractivity contribution in [3.63, 3.8) is 0 Å². The fourth-order valence-electron chi connectivity index (χ4n) is 2.02. The van der Waals surface area contributed by atoms with Crippen LogP contribution < -0.4 is 5.32 Å². The molecule has 21 heavy (non-hydrogen) atoms. The highest BCUT2D eigenvalue weighted by molar-refractivity contribution is 5.24. The van der Waals surface area contributed by atoms with Crippen molar-refractivity contribution in [3.05, 3.63) is 35.4 Å². The molecule has 1 rings (SSSR count). The third-order valence-electron chi connectivity index (χ3n) is 3.09. The summed E-state index contributed by atoms with van der Waals surface area (Å²) in [5.41, 5.74) is 2.56. The van der Waals surface area contributed by atoms with E-state index in [2.05, 4.69) is 57.3 Å². The van der Waals surface area contributed by atoms with Gasteiger partial charge < -0.3 is 14.8 Å². The van der Waals surface area contributed by atoms with Crippen molar-refractivity contribution in [3.8, 4) is 0 Å². The highest BCUT2D eigenvalue weighted by Gasteiger charge is 2.16. The lowest BCUT2D eigenvalue weighted by Gasteiger charge is -2.26. The molecule has 0 saturated carbocycles. The minimum absolute atomic E-state index is 0.0555. The van der Waals surface area contributed by atoms with Gasteiger partial charge in [-0.15, -0.1) is 0 Å². The molecule has 1 atom stereocenters. The average Bonchev–Trinajstić information content (AvgIpc) is 2.36. The van der Waals surface area contributed by atoms with Gasteiger partial charge in [-0.3, -0.25) is 0 Å². The SMILES string of the molecule is Cc1cccc(C(CNC(C)(C)C)OCCOC(C)C)c1. The molecule has 1 unspecified atom stereocenters. The summed E-state index contributed by atoms with van der Waals surface area (Å²) in [6.07, 6.45) is 0.304. The van der Waals surface area contributed by atoms with Gasteiger partial charge in [-0.1, -0.05) is 29.8 Å². The van der Waals surface area contributed by atoms with Crippen LogP contribution in [-0.4, -0.2) is 31.4 Å². The van der Waals surface area contributed by atoms with Crippen LogP contribution in [0, 0.1) is 6.92 Å². The van der Waals surface area contributed by atoms with Crippen molar-refractivity contribution in [1.29, 1.82) is 0 Å². The molecule has 0 fully saturated rings. The Labute approximate surface area is 130 Å². The fraction of sp³-hybridized carbons (Fsp3) is 0.667. The van der Waals surface area contributed by atoms with Gasteiger partial charge in [0, 0.05) is 12.1 Å². The van der Waals surface area contributed by atoms with Crippen molar-refractivity contribution in [2.45, 2.75) is 59.3 Å². The van der Waals surface area contributed by atoms with E-state index in [-0.39, 0.29) is 17.7 Å².